The number of nitrogens with one attached hydrogen (secondary N) is 1. The first kappa shape index (κ1) is 15.4. The SMILES string of the molecule is CCCOc1nc(C2CC2)nc(NCCOC)c1[N+](=O)[O-]. The molecule has 8 nitrogen and oxygen atoms in total. The van der Waals surface area contributed by atoms with Gasteiger partial charge in [-0.05, 0) is 19.3 Å². The molecule has 0 aromatic carbocycles. The molecule has 1 heterocycles. The zero-order chi connectivity index (χ0) is 15.2. The molecule has 0 aliphatic heterocycles. The Labute approximate surface area is 123 Å². The van der Waals surface area contributed by atoms with Gasteiger partial charge in [-0.3, -0.25) is 10.1 Å². The van der Waals surface area contributed by atoms with Gasteiger partial charge in [0.2, 0.25) is 5.82 Å². The number of anilines is 1. The molecule has 0 bridgehead atoms. The molecule has 1 aliphatic carbocycles. The summed E-state index contributed by atoms with van der Waals surface area (Å²) in [6.45, 7) is 3.20. The lowest BCUT2D eigenvalue weighted by atomic mass is 10.3. The number of methoxy groups -OCH3 is 1. The third-order valence-corrected chi connectivity index (χ3v) is 3.04. The van der Waals surface area contributed by atoms with E-state index in [0.29, 0.717) is 25.6 Å². The second-order valence-electron chi connectivity index (χ2n) is 4.88. The summed E-state index contributed by atoms with van der Waals surface area (Å²) in [5, 5.41) is 14.2. The average Bonchev–Trinajstić information content (AvgIpc) is 3.29. The van der Waals surface area contributed by atoms with Crippen LogP contribution in [-0.4, -0.2) is 41.8 Å². The van der Waals surface area contributed by atoms with Gasteiger partial charge in [0, 0.05) is 19.6 Å². The van der Waals surface area contributed by atoms with E-state index in [4.69, 9.17) is 9.47 Å². The summed E-state index contributed by atoms with van der Waals surface area (Å²) in [6, 6.07) is 0. The molecule has 0 amide bonds. The highest BCUT2D eigenvalue weighted by molar-refractivity contribution is 5.62. The molecule has 1 saturated carbocycles. The van der Waals surface area contributed by atoms with E-state index < -0.39 is 4.92 Å². The summed E-state index contributed by atoms with van der Waals surface area (Å²) >= 11 is 0. The Hall–Kier alpha value is -1.96. The molecule has 1 aromatic heterocycles. The predicted molar refractivity (Wildman–Crippen MR) is 76.8 cm³/mol. The van der Waals surface area contributed by atoms with Gasteiger partial charge in [0.25, 0.3) is 5.88 Å². The van der Waals surface area contributed by atoms with Crippen molar-refractivity contribution < 1.29 is 14.4 Å². The van der Waals surface area contributed by atoms with Crippen molar-refractivity contribution in [1.82, 2.24) is 9.97 Å². The number of hydrogen-bond donors (Lipinski definition) is 1. The lowest BCUT2D eigenvalue weighted by molar-refractivity contribution is -0.385. The minimum Gasteiger partial charge on any atom is -0.473 e. The van der Waals surface area contributed by atoms with Crippen LogP contribution in [0.15, 0.2) is 0 Å². The maximum atomic E-state index is 11.3. The van der Waals surface area contributed by atoms with Crippen LogP contribution >= 0.6 is 0 Å². The molecule has 1 aliphatic rings. The Balaban J connectivity index is 2.32. The van der Waals surface area contributed by atoms with Crippen molar-refractivity contribution in [1.29, 1.82) is 0 Å². The predicted octanol–water partition coefficient (Wildman–Crippen LogP) is 2.11. The minimum absolute atomic E-state index is 0.0543. The van der Waals surface area contributed by atoms with Gasteiger partial charge in [0.05, 0.1) is 18.1 Å². The van der Waals surface area contributed by atoms with Crippen molar-refractivity contribution in [2.24, 2.45) is 0 Å². The lowest BCUT2D eigenvalue weighted by Crippen LogP contribution is -2.14. The van der Waals surface area contributed by atoms with Crippen LogP contribution in [0.5, 0.6) is 5.88 Å². The number of nitrogens with zero attached hydrogens (tertiary/aromatic N) is 3. The normalized spacial score (nSPS) is 14.0. The van der Waals surface area contributed by atoms with Crippen LogP contribution in [0.25, 0.3) is 0 Å². The average molecular weight is 296 g/mol. The molecule has 0 saturated heterocycles. The minimum atomic E-state index is -0.503. The van der Waals surface area contributed by atoms with E-state index in [1.165, 1.54) is 0 Å². The van der Waals surface area contributed by atoms with E-state index >= 15 is 0 Å². The fourth-order valence-corrected chi connectivity index (χ4v) is 1.83. The van der Waals surface area contributed by atoms with Crippen molar-refractivity contribution >= 4 is 11.5 Å². The highest BCUT2D eigenvalue weighted by atomic mass is 16.6. The molecule has 8 heteroatoms. The Morgan fingerprint density at radius 1 is 1.38 bits per heavy atom. The van der Waals surface area contributed by atoms with Crippen LogP contribution < -0.4 is 10.1 Å². The molecule has 0 radical (unpaired) electrons. The number of nitro groups is 1. The lowest BCUT2D eigenvalue weighted by Gasteiger charge is -2.11. The van der Waals surface area contributed by atoms with Gasteiger partial charge < -0.3 is 14.8 Å². The van der Waals surface area contributed by atoms with E-state index in [1.54, 1.807) is 7.11 Å². The van der Waals surface area contributed by atoms with E-state index in [0.717, 1.165) is 19.3 Å². The van der Waals surface area contributed by atoms with Crippen molar-refractivity contribution in [2.45, 2.75) is 32.1 Å². The highest BCUT2D eigenvalue weighted by Gasteiger charge is 2.32. The van der Waals surface area contributed by atoms with E-state index in [1.807, 2.05) is 6.92 Å². The molecule has 0 spiro atoms. The Kier molecular flexibility index (Phi) is 5.26. The van der Waals surface area contributed by atoms with Crippen molar-refractivity contribution in [3.8, 4) is 5.88 Å². The number of hydrogen-bond acceptors (Lipinski definition) is 7. The van der Waals surface area contributed by atoms with Gasteiger partial charge in [0.1, 0.15) is 5.82 Å². The van der Waals surface area contributed by atoms with Crippen LogP contribution in [0.4, 0.5) is 11.5 Å². The molecule has 2 rings (SSSR count). The summed E-state index contributed by atoms with van der Waals surface area (Å²) in [5.41, 5.74) is -0.205. The van der Waals surface area contributed by atoms with Crippen LogP contribution in [0.2, 0.25) is 0 Å². The number of aromatic nitrogens is 2. The molecule has 21 heavy (non-hydrogen) atoms. The van der Waals surface area contributed by atoms with E-state index in [-0.39, 0.29) is 23.3 Å². The third kappa shape index (κ3) is 4.01. The first-order valence-corrected chi connectivity index (χ1v) is 7.09. The van der Waals surface area contributed by atoms with Crippen LogP contribution in [-0.2, 0) is 4.74 Å². The van der Waals surface area contributed by atoms with Gasteiger partial charge in [-0.25, -0.2) is 4.98 Å². The summed E-state index contributed by atoms with van der Waals surface area (Å²) in [6.07, 6.45) is 2.79. The van der Waals surface area contributed by atoms with Crippen LogP contribution in [0.3, 0.4) is 0 Å². The fraction of sp³-hybridized carbons (Fsp3) is 0.692. The Morgan fingerprint density at radius 2 is 2.14 bits per heavy atom. The summed E-state index contributed by atoms with van der Waals surface area (Å²) in [7, 11) is 1.57. The molecule has 116 valence electrons. The zero-order valence-corrected chi connectivity index (χ0v) is 12.3. The number of ether oxygens (including phenoxy) is 2. The third-order valence-electron chi connectivity index (χ3n) is 3.04. The van der Waals surface area contributed by atoms with E-state index in [2.05, 4.69) is 15.3 Å². The molecular weight excluding hydrogens is 276 g/mol. The maximum Gasteiger partial charge on any atom is 0.372 e. The summed E-state index contributed by atoms with van der Waals surface area (Å²) in [5.74, 6) is 1.17. The van der Waals surface area contributed by atoms with Gasteiger partial charge >= 0.3 is 5.69 Å². The van der Waals surface area contributed by atoms with Crippen LogP contribution in [0.1, 0.15) is 37.9 Å². The quantitative estimate of drug-likeness (QED) is 0.423. The Morgan fingerprint density at radius 3 is 2.71 bits per heavy atom. The van der Waals surface area contributed by atoms with Crippen molar-refractivity contribution in [3.05, 3.63) is 15.9 Å². The standard InChI is InChI=1S/C13H20N4O4/c1-3-7-21-13-10(17(18)19)12(14-6-8-20-2)15-11(16-13)9-4-5-9/h9H,3-8H2,1-2H3,(H,14,15,16). The van der Waals surface area contributed by atoms with Gasteiger partial charge in [-0.2, -0.15) is 4.98 Å². The van der Waals surface area contributed by atoms with Crippen molar-refractivity contribution in [2.75, 3.05) is 32.2 Å². The highest BCUT2D eigenvalue weighted by Crippen LogP contribution is 2.41. The molecule has 1 aromatic rings. The number of rotatable bonds is 9. The largest absolute Gasteiger partial charge is 0.473 e. The second-order valence-corrected chi connectivity index (χ2v) is 4.88. The molecular formula is C13H20N4O4. The second kappa shape index (κ2) is 7.16. The molecule has 0 unspecified atom stereocenters. The molecule has 0 atom stereocenters. The van der Waals surface area contributed by atoms with E-state index in [9.17, 15) is 10.1 Å². The smallest absolute Gasteiger partial charge is 0.372 e. The van der Waals surface area contributed by atoms with Gasteiger partial charge in [0.15, 0.2) is 0 Å². The van der Waals surface area contributed by atoms with Crippen molar-refractivity contribution in [3.63, 3.8) is 0 Å². The topological polar surface area (TPSA) is 99.4 Å². The molecule has 1 N–H and O–H groups in total. The first-order chi connectivity index (χ1) is 10.2. The first-order valence-electron chi connectivity index (χ1n) is 7.09. The fourth-order valence-electron chi connectivity index (χ4n) is 1.83. The summed E-state index contributed by atoms with van der Waals surface area (Å²) in [4.78, 5) is 19.3. The zero-order valence-electron chi connectivity index (χ0n) is 12.3. The Bertz CT molecular complexity index is 505. The monoisotopic (exact) mass is 296 g/mol. The maximum absolute atomic E-state index is 11.3. The molecule has 1 fully saturated rings. The van der Waals surface area contributed by atoms with Gasteiger partial charge in [-0.15, -0.1) is 0 Å². The van der Waals surface area contributed by atoms with Crippen LogP contribution in [0, 0.1) is 10.1 Å². The summed E-state index contributed by atoms with van der Waals surface area (Å²) < 4.78 is 10.4. The van der Waals surface area contributed by atoms with Gasteiger partial charge in [-0.1, -0.05) is 6.92 Å².